The van der Waals surface area contributed by atoms with Crippen molar-refractivity contribution in [3.8, 4) is 17.2 Å². The number of carbonyl (C=O) groups is 1. The minimum absolute atomic E-state index is 0.464. The van der Waals surface area contributed by atoms with Gasteiger partial charge in [0.25, 0.3) is 0 Å². The highest BCUT2D eigenvalue weighted by Gasteiger charge is 2.08. The number of aliphatic carboxylic acids is 1. The van der Waals surface area contributed by atoms with E-state index < -0.39 is 12.1 Å². The van der Waals surface area contributed by atoms with Gasteiger partial charge in [0.1, 0.15) is 0 Å². The van der Waals surface area contributed by atoms with Gasteiger partial charge in [0.15, 0.2) is 0 Å². The molecule has 0 bridgehead atoms. The summed E-state index contributed by atoms with van der Waals surface area (Å²) in [7, 11) is 0. The molecule has 2 rings (SSSR count). The third-order valence-electron chi connectivity index (χ3n) is 3.09. The molecule has 110 valence electrons. The minimum atomic E-state index is -1.12. The largest absolute Gasteiger partial charge is 0.478 e. The van der Waals surface area contributed by atoms with Crippen LogP contribution in [-0.4, -0.2) is 16.2 Å². The average molecular weight is 314 g/mol. The second kappa shape index (κ2) is 6.90. The SMILES string of the molecule is N#Cc1cc(Cl)ccc1-c1ccc(C(O)/C=C/C(=O)O)cc1. The molecule has 0 fully saturated rings. The number of nitrogens with zero attached hydrogens (tertiary/aromatic N) is 1. The van der Waals surface area contributed by atoms with Crippen molar-refractivity contribution in [2.45, 2.75) is 6.10 Å². The van der Waals surface area contributed by atoms with E-state index in [1.165, 1.54) is 6.08 Å². The number of nitriles is 1. The summed E-state index contributed by atoms with van der Waals surface area (Å²) in [6.07, 6.45) is 1.09. The number of hydrogen-bond acceptors (Lipinski definition) is 3. The van der Waals surface area contributed by atoms with Crippen LogP contribution in [0.3, 0.4) is 0 Å². The van der Waals surface area contributed by atoms with Gasteiger partial charge in [0.05, 0.1) is 17.7 Å². The van der Waals surface area contributed by atoms with Crippen LogP contribution in [0.5, 0.6) is 0 Å². The molecule has 0 radical (unpaired) electrons. The lowest BCUT2D eigenvalue weighted by molar-refractivity contribution is -0.131. The summed E-state index contributed by atoms with van der Waals surface area (Å²) < 4.78 is 0. The molecule has 0 amide bonds. The van der Waals surface area contributed by atoms with Crippen LogP contribution in [0.2, 0.25) is 5.02 Å². The first kappa shape index (κ1) is 15.8. The zero-order chi connectivity index (χ0) is 16.1. The maximum Gasteiger partial charge on any atom is 0.328 e. The van der Waals surface area contributed by atoms with Crippen LogP contribution in [0.1, 0.15) is 17.2 Å². The van der Waals surface area contributed by atoms with Crippen molar-refractivity contribution in [1.29, 1.82) is 5.26 Å². The van der Waals surface area contributed by atoms with Crippen molar-refractivity contribution in [3.63, 3.8) is 0 Å². The Morgan fingerprint density at radius 2 is 1.91 bits per heavy atom. The number of carboxylic acids is 1. The zero-order valence-corrected chi connectivity index (χ0v) is 12.2. The van der Waals surface area contributed by atoms with Gasteiger partial charge < -0.3 is 10.2 Å². The van der Waals surface area contributed by atoms with E-state index in [9.17, 15) is 9.90 Å². The maximum absolute atomic E-state index is 10.4. The van der Waals surface area contributed by atoms with Crippen LogP contribution in [0, 0.1) is 11.3 Å². The van der Waals surface area contributed by atoms with Crippen LogP contribution in [0.15, 0.2) is 54.6 Å². The highest BCUT2D eigenvalue weighted by atomic mass is 35.5. The van der Waals surface area contributed by atoms with Gasteiger partial charge in [-0.1, -0.05) is 41.9 Å². The number of aliphatic hydroxyl groups is 1. The summed E-state index contributed by atoms with van der Waals surface area (Å²) in [4.78, 5) is 10.4. The fourth-order valence-corrected chi connectivity index (χ4v) is 2.18. The molecule has 0 aliphatic heterocycles. The smallest absolute Gasteiger partial charge is 0.328 e. The van der Waals surface area contributed by atoms with E-state index in [1.807, 2.05) is 0 Å². The Bertz CT molecular complexity index is 760. The van der Waals surface area contributed by atoms with E-state index in [0.29, 0.717) is 16.1 Å². The summed E-state index contributed by atoms with van der Waals surface area (Å²) in [5.74, 6) is -1.12. The van der Waals surface area contributed by atoms with Crippen LogP contribution < -0.4 is 0 Å². The number of hydrogen-bond donors (Lipinski definition) is 2. The number of halogens is 1. The number of aliphatic hydroxyl groups excluding tert-OH is 1. The lowest BCUT2D eigenvalue weighted by atomic mass is 9.98. The molecule has 2 N–H and O–H groups in total. The lowest BCUT2D eigenvalue weighted by Gasteiger charge is -2.09. The summed E-state index contributed by atoms with van der Waals surface area (Å²) in [5, 5.41) is 28.0. The molecule has 1 unspecified atom stereocenters. The molecule has 0 aliphatic rings. The normalized spacial score (nSPS) is 12.0. The first-order valence-electron chi connectivity index (χ1n) is 6.40. The molecule has 1 atom stereocenters. The van der Waals surface area contributed by atoms with Crippen LogP contribution >= 0.6 is 11.6 Å². The Kier molecular flexibility index (Phi) is 4.95. The topological polar surface area (TPSA) is 81.3 Å². The second-order valence-corrected chi connectivity index (χ2v) is 5.00. The molecule has 0 saturated carbocycles. The molecule has 0 heterocycles. The summed E-state index contributed by atoms with van der Waals surface area (Å²) in [5.41, 5.74) is 2.58. The minimum Gasteiger partial charge on any atom is -0.478 e. The van der Waals surface area contributed by atoms with Crippen LogP contribution in [0.25, 0.3) is 11.1 Å². The fraction of sp³-hybridized carbons (Fsp3) is 0.0588. The van der Waals surface area contributed by atoms with E-state index in [4.69, 9.17) is 22.0 Å². The molecule has 0 saturated heterocycles. The maximum atomic E-state index is 10.4. The zero-order valence-electron chi connectivity index (χ0n) is 11.4. The average Bonchev–Trinajstić information content (AvgIpc) is 2.52. The Balaban J connectivity index is 2.30. The Labute approximate surface area is 132 Å². The van der Waals surface area contributed by atoms with Crippen molar-refractivity contribution in [3.05, 3.63) is 70.8 Å². The van der Waals surface area contributed by atoms with Gasteiger partial charge in [0, 0.05) is 11.1 Å². The highest BCUT2D eigenvalue weighted by molar-refractivity contribution is 6.30. The monoisotopic (exact) mass is 313 g/mol. The molecule has 2 aromatic rings. The summed E-state index contributed by atoms with van der Waals surface area (Å²) in [6.45, 7) is 0. The first-order valence-corrected chi connectivity index (χ1v) is 6.78. The van der Waals surface area contributed by atoms with Crippen molar-refractivity contribution >= 4 is 17.6 Å². The van der Waals surface area contributed by atoms with E-state index in [-0.39, 0.29) is 0 Å². The van der Waals surface area contributed by atoms with Gasteiger partial charge in [-0.15, -0.1) is 0 Å². The third kappa shape index (κ3) is 3.73. The number of rotatable bonds is 4. The van der Waals surface area contributed by atoms with Gasteiger partial charge in [-0.05, 0) is 34.9 Å². The molecule has 5 heteroatoms. The Morgan fingerprint density at radius 3 is 2.50 bits per heavy atom. The summed E-state index contributed by atoms with van der Waals surface area (Å²) >= 11 is 5.87. The molecular weight excluding hydrogens is 302 g/mol. The predicted octanol–water partition coefficient (Wildman–Crippen LogP) is 3.55. The van der Waals surface area contributed by atoms with Gasteiger partial charge in [0.2, 0.25) is 0 Å². The summed E-state index contributed by atoms with van der Waals surface area (Å²) in [6, 6.07) is 14.0. The molecule has 0 spiro atoms. The Morgan fingerprint density at radius 1 is 1.23 bits per heavy atom. The van der Waals surface area contributed by atoms with Gasteiger partial charge >= 0.3 is 5.97 Å². The van der Waals surface area contributed by atoms with Crippen molar-refractivity contribution in [1.82, 2.24) is 0 Å². The van der Waals surface area contributed by atoms with E-state index in [1.54, 1.807) is 42.5 Å². The molecular formula is C17H12ClNO3. The van der Waals surface area contributed by atoms with E-state index in [0.717, 1.165) is 17.2 Å². The lowest BCUT2D eigenvalue weighted by Crippen LogP contribution is -1.95. The Hall–Kier alpha value is -2.61. The van der Waals surface area contributed by atoms with Gasteiger partial charge in [-0.2, -0.15) is 5.26 Å². The quantitative estimate of drug-likeness (QED) is 0.846. The number of carboxylic acid groups (broad SMARTS) is 1. The standard InChI is InChI=1S/C17H12ClNO3/c18-14-5-6-15(13(9-14)10-19)11-1-3-12(4-2-11)16(20)7-8-17(21)22/h1-9,16,20H,(H,21,22)/b8-7+. The van der Waals surface area contributed by atoms with E-state index >= 15 is 0 Å². The van der Waals surface area contributed by atoms with Gasteiger partial charge in [-0.25, -0.2) is 4.79 Å². The third-order valence-corrected chi connectivity index (χ3v) is 3.32. The van der Waals surface area contributed by atoms with Crippen molar-refractivity contribution < 1.29 is 15.0 Å². The number of benzene rings is 2. The van der Waals surface area contributed by atoms with E-state index in [2.05, 4.69) is 6.07 Å². The highest BCUT2D eigenvalue weighted by Crippen LogP contribution is 2.27. The molecule has 0 aliphatic carbocycles. The predicted molar refractivity (Wildman–Crippen MR) is 83.3 cm³/mol. The molecule has 0 aromatic heterocycles. The molecule has 4 nitrogen and oxygen atoms in total. The second-order valence-electron chi connectivity index (χ2n) is 4.57. The van der Waals surface area contributed by atoms with Crippen molar-refractivity contribution in [2.24, 2.45) is 0 Å². The van der Waals surface area contributed by atoms with Gasteiger partial charge in [-0.3, -0.25) is 0 Å². The van der Waals surface area contributed by atoms with Crippen LogP contribution in [0.4, 0.5) is 0 Å². The molecule has 2 aromatic carbocycles. The van der Waals surface area contributed by atoms with Crippen LogP contribution in [-0.2, 0) is 4.79 Å². The molecule has 22 heavy (non-hydrogen) atoms. The van der Waals surface area contributed by atoms with Crippen molar-refractivity contribution in [2.75, 3.05) is 0 Å². The first-order chi connectivity index (χ1) is 10.5. The fourth-order valence-electron chi connectivity index (χ4n) is 2.01.